The molecule has 0 radical (unpaired) electrons. The quantitative estimate of drug-likeness (QED) is 0.685. The minimum absolute atomic E-state index is 0.0229. The van der Waals surface area contributed by atoms with E-state index in [2.05, 4.69) is 5.32 Å². The molecule has 150 valence electrons. The molecule has 0 aliphatic rings. The molecule has 0 fully saturated rings. The number of ether oxygens (including phenoxy) is 1. The van der Waals surface area contributed by atoms with E-state index in [1.165, 1.54) is 0 Å². The fourth-order valence-electron chi connectivity index (χ4n) is 2.81. The molecule has 2 aromatic carbocycles. The third-order valence-electron chi connectivity index (χ3n) is 4.61. The molecule has 2 aromatic rings. The predicted molar refractivity (Wildman–Crippen MR) is 112 cm³/mol. The van der Waals surface area contributed by atoms with E-state index in [1.54, 1.807) is 43.0 Å². The van der Waals surface area contributed by atoms with E-state index in [1.807, 2.05) is 51.1 Å². The highest BCUT2D eigenvalue weighted by atomic mass is 16.5. The smallest absolute Gasteiger partial charge is 0.239 e. The minimum atomic E-state index is -1.20. The van der Waals surface area contributed by atoms with Crippen LogP contribution in [0.1, 0.15) is 40.2 Å². The maximum atomic E-state index is 13.2. The number of carbonyl (C=O) groups is 2. The molecule has 1 N–H and O–H groups in total. The van der Waals surface area contributed by atoms with Crippen LogP contribution in [0.2, 0.25) is 0 Å². The molecule has 0 heterocycles. The van der Waals surface area contributed by atoms with Crippen molar-refractivity contribution in [3.63, 3.8) is 0 Å². The largest absolute Gasteiger partial charge is 0.494 e. The Kier molecular flexibility index (Phi) is 7.21. The van der Waals surface area contributed by atoms with Crippen molar-refractivity contribution in [3.05, 3.63) is 60.2 Å². The molecule has 0 atom stereocenters. The van der Waals surface area contributed by atoms with Gasteiger partial charge >= 0.3 is 0 Å². The van der Waals surface area contributed by atoms with E-state index < -0.39 is 5.41 Å². The second kappa shape index (κ2) is 9.40. The van der Waals surface area contributed by atoms with Crippen molar-refractivity contribution in [2.45, 2.75) is 47.2 Å². The summed E-state index contributed by atoms with van der Waals surface area (Å²) in [5.74, 6) is 0.208. The number of nitrogens with zero attached hydrogens (tertiary/aromatic N) is 1. The van der Waals surface area contributed by atoms with Gasteiger partial charge in [-0.05, 0) is 64.4 Å². The van der Waals surface area contributed by atoms with Gasteiger partial charge in [0.15, 0.2) is 0 Å². The number of benzene rings is 2. The topological polar surface area (TPSA) is 58.6 Å². The second-order valence-electron chi connectivity index (χ2n) is 7.55. The van der Waals surface area contributed by atoms with Crippen LogP contribution in [0, 0.1) is 5.41 Å². The zero-order chi connectivity index (χ0) is 20.7. The Morgan fingerprint density at radius 3 is 2.18 bits per heavy atom. The Bertz CT molecular complexity index is 783. The van der Waals surface area contributed by atoms with E-state index in [-0.39, 0.29) is 17.9 Å². The molecule has 0 unspecified atom stereocenters. The highest BCUT2D eigenvalue weighted by Crippen LogP contribution is 2.25. The van der Waals surface area contributed by atoms with Gasteiger partial charge in [-0.1, -0.05) is 30.3 Å². The Labute approximate surface area is 167 Å². The Hall–Kier alpha value is -2.82. The summed E-state index contributed by atoms with van der Waals surface area (Å²) in [6.45, 7) is 10.2. The first-order chi connectivity index (χ1) is 13.3. The van der Waals surface area contributed by atoms with E-state index in [0.717, 1.165) is 11.3 Å². The molecule has 5 nitrogen and oxygen atoms in total. The molecule has 2 amide bonds. The molecular formula is C23H30N2O3. The lowest BCUT2D eigenvalue weighted by atomic mass is 9.89. The van der Waals surface area contributed by atoms with Gasteiger partial charge in [-0.3, -0.25) is 9.59 Å². The van der Waals surface area contributed by atoms with Crippen molar-refractivity contribution in [1.82, 2.24) is 4.90 Å². The minimum Gasteiger partial charge on any atom is -0.494 e. The monoisotopic (exact) mass is 382 g/mol. The maximum Gasteiger partial charge on any atom is 0.239 e. The van der Waals surface area contributed by atoms with Gasteiger partial charge in [0, 0.05) is 18.3 Å². The summed E-state index contributed by atoms with van der Waals surface area (Å²) in [5.41, 5.74) is 0.471. The third kappa shape index (κ3) is 5.35. The molecule has 0 saturated carbocycles. The summed E-state index contributed by atoms with van der Waals surface area (Å²) >= 11 is 0. The second-order valence-corrected chi connectivity index (χ2v) is 7.55. The molecule has 0 bridgehead atoms. The van der Waals surface area contributed by atoms with Crippen LogP contribution in [0.15, 0.2) is 54.6 Å². The molecular weight excluding hydrogens is 352 g/mol. The zero-order valence-corrected chi connectivity index (χ0v) is 17.4. The lowest BCUT2D eigenvalue weighted by molar-refractivity contribution is -0.148. The van der Waals surface area contributed by atoms with Gasteiger partial charge in [0.1, 0.15) is 11.2 Å². The average Bonchev–Trinajstić information content (AvgIpc) is 2.67. The average molecular weight is 383 g/mol. The van der Waals surface area contributed by atoms with E-state index in [4.69, 9.17) is 4.74 Å². The van der Waals surface area contributed by atoms with Gasteiger partial charge in [-0.25, -0.2) is 0 Å². The van der Waals surface area contributed by atoms with Crippen LogP contribution in [0.4, 0.5) is 5.69 Å². The summed E-state index contributed by atoms with van der Waals surface area (Å²) < 4.78 is 5.41. The fourth-order valence-corrected chi connectivity index (χ4v) is 2.81. The van der Waals surface area contributed by atoms with E-state index in [9.17, 15) is 9.59 Å². The molecule has 0 spiro atoms. The van der Waals surface area contributed by atoms with Crippen LogP contribution in [0.3, 0.4) is 0 Å². The summed E-state index contributed by atoms with van der Waals surface area (Å²) in [6, 6.07) is 16.9. The van der Waals surface area contributed by atoms with Crippen LogP contribution in [-0.4, -0.2) is 29.4 Å². The molecule has 0 aliphatic heterocycles. The molecule has 2 rings (SSSR count). The van der Waals surface area contributed by atoms with Gasteiger partial charge < -0.3 is 15.0 Å². The summed E-state index contributed by atoms with van der Waals surface area (Å²) in [5, 5.41) is 2.85. The number of nitrogens with one attached hydrogen (secondary N) is 1. The number of carbonyl (C=O) groups excluding carboxylic acids is 2. The first-order valence-corrected chi connectivity index (χ1v) is 9.65. The van der Waals surface area contributed by atoms with Gasteiger partial charge in [-0.2, -0.15) is 0 Å². The summed E-state index contributed by atoms with van der Waals surface area (Å²) in [7, 11) is 0. The maximum absolute atomic E-state index is 13.2. The first-order valence-electron chi connectivity index (χ1n) is 9.65. The van der Waals surface area contributed by atoms with Crippen LogP contribution >= 0.6 is 0 Å². The van der Waals surface area contributed by atoms with Crippen molar-refractivity contribution in [1.29, 1.82) is 0 Å². The zero-order valence-electron chi connectivity index (χ0n) is 17.4. The van der Waals surface area contributed by atoms with Crippen molar-refractivity contribution in [2.24, 2.45) is 5.41 Å². The highest BCUT2D eigenvalue weighted by Gasteiger charge is 2.40. The number of rotatable bonds is 8. The van der Waals surface area contributed by atoms with Crippen molar-refractivity contribution >= 4 is 17.5 Å². The van der Waals surface area contributed by atoms with Crippen LogP contribution in [-0.2, 0) is 16.1 Å². The molecule has 0 aliphatic carbocycles. The van der Waals surface area contributed by atoms with Crippen LogP contribution in [0.25, 0.3) is 0 Å². The van der Waals surface area contributed by atoms with Crippen molar-refractivity contribution in [3.8, 4) is 5.75 Å². The van der Waals surface area contributed by atoms with E-state index in [0.29, 0.717) is 18.8 Å². The van der Waals surface area contributed by atoms with Gasteiger partial charge in [-0.15, -0.1) is 0 Å². The SMILES string of the molecule is CCOc1ccc(NC(=O)C(C)(C)C(=O)N(Cc2ccccc2)C(C)C)cc1. The van der Waals surface area contributed by atoms with Crippen LogP contribution in [0.5, 0.6) is 5.75 Å². The Morgan fingerprint density at radius 2 is 1.64 bits per heavy atom. The van der Waals surface area contributed by atoms with Gasteiger partial charge in [0.25, 0.3) is 0 Å². The van der Waals surface area contributed by atoms with Gasteiger partial charge in [0.05, 0.1) is 6.61 Å². The van der Waals surface area contributed by atoms with Crippen LogP contribution < -0.4 is 10.1 Å². The van der Waals surface area contributed by atoms with E-state index >= 15 is 0 Å². The number of hydrogen-bond acceptors (Lipinski definition) is 3. The standard InChI is InChI=1S/C23H30N2O3/c1-6-28-20-14-12-19(13-15-20)24-21(26)23(4,5)22(27)25(17(2)3)16-18-10-8-7-9-11-18/h7-15,17H,6,16H2,1-5H3,(H,24,26). The van der Waals surface area contributed by atoms with Gasteiger partial charge in [0.2, 0.25) is 11.8 Å². The Morgan fingerprint density at radius 1 is 1.04 bits per heavy atom. The predicted octanol–water partition coefficient (Wildman–Crippen LogP) is 4.49. The molecule has 0 aromatic heterocycles. The first kappa shape index (κ1) is 21.5. The number of amides is 2. The highest BCUT2D eigenvalue weighted by molar-refractivity contribution is 6.09. The lowest BCUT2D eigenvalue weighted by Crippen LogP contribution is -2.49. The molecule has 28 heavy (non-hydrogen) atoms. The third-order valence-corrected chi connectivity index (χ3v) is 4.61. The number of hydrogen-bond donors (Lipinski definition) is 1. The summed E-state index contributed by atoms with van der Waals surface area (Å²) in [4.78, 5) is 27.8. The van der Waals surface area contributed by atoms with Crippen molar-refractivity contribution in [2.75, 3.05) is 11.9 Å². The Balaban J connectivity index is 2.12. The normalized spacial score (nSPS) is 11.2. The lowest BCUT2D eigenvalue weighted by Gasteiger charge is -2.34. The molecule has 5 heteroatoms. The van der Waals surface area contributed by atoms with Crippen molar-refractivity contribution < 1.29 is 14.3 Å². The summed E-state index contributed by atoms with van der Waals surface area (Å²) in [6.07, 6.45) is 0. The number of anilines is 1. The fraction of sp³-hybridized carbons (Fsp3) is 0.391. The molecule has 0 saturated heterocycles.